The zero-order valence-corrected chi connectivity index (χ0v) is 20.3. The van der Waals surface area contributed by atoms with Gasteiger partial charge in [0.05, 0.1) is 23.6 Å². The third-order valence-electron chi connectivity index (χ3n) is 5.51. The Bertz CT molecular complexity index is 1060. The van der Waals surface area contributed by atoms with Gasteiger partial charge >= 0.3 is 0 Å². The van der Waals surface area contributed by atoms with E-state index in [0.29, 0.717) is 33.2 Å². The van der Waals surface area contributed by atoms with Crippen LogP contribution in [0.5, 0.6) is 5.75 Å². The van der Waals surface area contributed by atoms with Gasteiger partial charge in [0.25, 0.3) is 5.91 Å². The van der Waals surface area contributed by atoms with Crippen molar-refractivity contribution in [2.24, 2.45) is 10.9 Å². The van der Waals surface area contributed by atoms with Crippen molar-refractivity contribution in [3.63, 3.8) is 0 Å². The van der Waals surface area contributed by atoms with E-state index in [1.165, 1.54) is 28.0 Å². The molecule has 2 aliphatic rings. The Morgan fingerprint density at radius 2 is 2.12 bits per heavy atom. The first kappa shape index (κ1) is 22.9. The summed E-state index contributed by atoms with van der Waals surface area (Å²) >= 11 is 9.12. The number of anilines is 1. The van der Waals surface area contributed by atoms with Crippen LogP contribution in [0.1, 0.15) is 24.6 Å². The Kier molecular flexibility index (Phi) is 7.23. The lowest BCUT2D eigenvalue weighted by atomic mass is 9.99. The summed E-state index contributed by atoms with van der Waals surface area (Å²) in [5.74, 6) is 1.23. The van der Waals surface area contributed by atoms with E-state index in [2.05, 4.69) is 11.9 Å². The zero-order valence-electron chi connectivity index (χ0n) is 17.9. The number of methoxy groups -OCH3 is 1. The summed E-state index contributed by atoms with van der Waals surface area (Å²) < 4.78 is 5.23. The number of thiophene rings is 1. The predicted octanol–water partition coefficient (Wildman–Crippen LogP) is 5.15. The van der Waals surface area contributed by atoms with Gasteiger partial charge < -0.3 is 9.64 Å². The van der Waals surface area contributed by atoms with Crippen molar-refractivity contribution in [3.05, 3.63) is 51.3 Å². The third kappa shape index (κ3) is 5.03. The summed E-state index contributed by atoms with van der Waals surface area (Å²) in [6, 6.07) is 9.02. The SMILES string of the molecule is COc1ccc(N2C(=O)/C(=C\c3cccs3)N=C2SCC(=O)N2CCC(C)CC2)cc1Cl. The van der Waals surface area contributed by atoms with Crippen LogP contribution in [0.15, 0.2) is 46.4 Å². The van der Waals surface area contributed by atoms with Gasteiger partial charge in [-0.15, -0.1) is 11.3 Å². The van der Waals surface area contributed by atoms with E-state index in [-0.39, 0.29) is 17.6 Å². The number of halogens is 1. The van der Waals surface area contributed by atoms with E-state index in [0.717, 1.165) is 30.8 Å². The first-order valence-electron chi connectivity index (χ1n) is 10.4. The van der Waals surface area contributed by atoms with E-state index in [1.54, 1.807) is 31.4 Å². The van der Waals surface area contributed by atoms with Crippen LogP contribution in [0.3, 0.4) is 0 Å². The van der Waals surface area contributed by atoms with Crippen molar-refractivity contribution in [2.45, 2.75) is 19.8 Å². The topological polar surface area (TPSA) is 62.2 Å². The lowest BCUT2D eigenvalue weighted by molar-refractivity contribution is -0.129. The number of thioether (sulfide) groups is 1. The highest BCUT2D eigenvalue weighted by Crippen LogP contribution is 2.34. The van der Waals surface area contributed by atoms with Crippen LogP contribution >= 0.6 is 34.7 Å². The molecule has 0 saturated carbocycles. The molecule has 6 nitrogen and oxygen atoms in total. The van der Waals surface area contributed by atoms with Crippen LogP contribution < -0.4 is 9.64 Å². The number of ether oxygens (including phenoxy) is 1. The lowest BCUT2D eigenvalue weighted by Crippen LogP contribution is -2.39. The fraction of sp³-hybridized carbons (Fsp3) is 0.348. The van der Waals surface area contributed by atoms with Gasteiger partial charge in [0, 0.05) is 18.0 Å². The number of hydrogen-bond donors (Lipinski definition) is 0. The van der Waals surface area contributed by atoms with Crippen LogP contribution in [-0.4, -0.2) is 47.8 Å². The number of rotatable bonds is 5. The van der Waals surface area contributed by atoms with Crippen molar-refractivity contribution in [1.29, 1.82) is 0 Å². The summed E-state index contributed by atoms with van der Waals surface area (Å²) in [7, 11) is 1.54. The number of amides is 2. The summed E-state index contributed by atoms with van der Waals surface area (Å²) in [5, 5.41) is 2.82. The number of likely N-dealkylation sites (tertiary alicyclic amines) is 1. The number of carbonyl (C=O) groups is 2. The largest absolute Gasteiger partial charge is 0.495 e. The molecule has 0 atom stereocenters. The van der Waals surface area contributed by atoms with Gasteiger partial charge in [0.15, 0.2) is 5.17 Å². The van der Waals surface area contributed by atoms with Gasteiger partial charge in [0.2, 0.25) is 5.91 Å². The van der Waals surface area contributed by atoms with Crippen LogP contribution in [-0.2, 0) is 9.59 Å². The molecule has 0 radical (unpaired) electrons. The number of aliphatic imine (C=N–C) groups is 1. The van der Waals surface area contributed by atoms with Gasteiger partial charge in [-0.05, 0) is 54.5 Å². The minimum Gasteiger partial charge on any atom is -0.495 e. The first-order valence-corrected chi connectivity index (χ1v) is 12.6. The molecule has 0 spiro atoms. The Morgan fingerprint density at radius 3 is 2.78 bits per heavy atom. The molecule has 0 N–H and O–H groups in total. The summed E-state index contributed by atoms with van der Waals surface area (Å²) in [6.45, 7) is 3.79. The van der Waals surface area contributed by atoms with Gasteiger partial charge in [0.1, 0.15) is 11.4 Å². The zero-order chi connectivity index (χ0) is 22.7. The highest BCUT2D eigenvalue weighted by Gasteiger charge is 2.33. The number of hydrogen-bond acceptors (Lipinski definition) is 6. The average molecular weight is 490 g/mol. The van der Waals surface area contributed by atoms with Crippen molar-refractivity contribution in [2.75, 3.05) is 30.9 Å². The molecular formula is C23H24ClN3O3S2. The maximum Gasteiger partial charge on any atom is 0.283 e. The summed E-state index contributed by atoms with van der Waals surface area (Å²) in [5.41, 5.74) is 0.919. The van der Waals surface area contributed by atoms with Gasteiger partial charge in [-0.25, -0.2) is 4.99 Å². The molecular weight excluding hydrogens is 466 g/mol. The van der Waals surface area contributed by atoms with E-state index in [9.17, 15) is 9.59 Å². The molecule has 3 heterocycles. The van der Waals surface area contributed by atoms with E-state index in [4.69, 9.17) is 16.3 Å². The number of carbonyl (C=O) groups excluding carboxylic acids is 2. The van der Waals surface area contributed by atoms with Crippen LogP contribution in [0, 0.1) is 5.92 Å². The molecule has 2 amide bonds. The normalized spacial score (nSPS) is 18.4. The molecule has 1 fully saturated rings. The Hall–Kier alpha value is -2.29. The van der Waals surface area contributed by atoms with E-state index >= 15 is 0 Å². The predicted molar refractivity (Wildman–Crippen MR) is 133 cm³/mol. The molecule has 0 unspecified atom stereocenters. The molecule has 168 valence electrons. The first-order chi connectivity index (χ1) is 15.5. The Labute approximate surface area is 200 Å². The lowest BCUT2D eigenvalue weighted by Gasteiger charge is -2.30. The fourth-order valence-corrected chi connectivity index (χ4v) is 5.42. The van der Waals surface area contributed by atoms with Crippen molar-refractivity contribution >= 4 is 63.4 Å². The molecule has 2 aromatic rings. The molecule has 0 bridgehead atoms. The van der Waals surface area contributed by atoms with Gasteiger partial charge in [-0.2, -0.15) is 0 Å². The molecule has 4 rings (SSSR count). The second kappa shape index (κ2) is 10.1. The quantitative estimate of drug-likeness (QED) is 0.545. The van der Waals surface area contributed by atoms with Crippen LogP contribution in [0.25, 0.3) is 6.08 Å². The van der Waals surface area contributed by atoms with Crippen molar-refractivity contribution < 1.29 is 14.3 Å². The molecule has 32 heavy (non-hydrogen) atoms. The van der Waals surface area contributed by atoms with Crippen LogP contribution in [0.2, 0.25) is 5.02 Å². The number of piperidine rings is 1. The maximum absolute atomic E-state index is 13.3. The summed E-state index contributed by atoms with van der Waals surface area (Å²) in [6.07, 6.45) is 3.83. The average Bonchev–Trinajstić information content (AvgIpc) is 3.41. The minimum absolute atomic E-state index is 0.0699. The second-order valence-electron chi connectivity index (χ2n) is 7.75. The number of benzene rings is 1. The minimum atomic E-state index is -0.249. The van der Waals surface area contributed by atoms with E-state index in [1.807, 2.05) is 22.4 Å². The Balaban J connectivity index is 1.57. The molecule has 0 aliphatic carbocycles. The van der Waals surface area contributed by atoms with E-state index < -0.39 is 0 Å². The van der Waals surface area contributed by atoms with Gasteiger partial charge in [-0.1, -0.05) is 36.4 Å². The smallest absolute Gasteiger partial charge is 0.283 e. The fourth-order valence-electron chi connectivity index (χ4n) is 3.60. The highest BCUT2D eigenvalue weighted by molar-refractivity contribution is 8.14. The van der Waals surface area contributed by atoms with Crippen molar-refractivity contribution in [3.8, 4) is 5.75 Å². The Morgan fingerprint density at radius 1 is 1.34 bits per heavy atom. The second-order valence-corrected chi connectivity index (χ2v) is 10.1. The number of nitrogens with zero attached hydrogens (tertiary/aromatic N) is 3. The standard InChI is InChI=1S/C23H24ClN3O3S2/c1-15-7-9-26(10-8-15)21(28)14-32-23-25-19(13-17-4-3-11-31-17)22(29)27(23)16-5-6-20(30-2)18(24)12-16/h3-6,11-13,15H,7-10,14H2,1-2H3/b19-13+. The molecule has 9 heteroatoms. The number of amidine groups is 1. The third-order valence-corrected chi connectivity index (χ3v) is 7.54. The molecule has 1 saturated heterocycles. The summed E-state index contributed by atoms with van der Waals surface area (Å²) in [4.78, 5) is 35.0. The maximum atomic E-state index is 13.3. The molecule has 1 aromatic carbocycles. The highest BCUT2D eigenvalue weighted by atomic mass is 35.5. The molecule has 2 aliphatic heterocycles. The van der Waals surface area contributed by atoms with Crippen LogP contribution in [0.4, 0.5) is 5.69 Å². The van der Waals surface area contributed by atoms with Crippen molar-refractivity contribution in [1.82, 2.24) is 4.90 Å². The van der Waals surface area contributed by atoms with Gasteiger partial charge in [-0.3, -0.25) is 14.5 Å². The monoisotopic (exact) mass is 489 g/mol. The molecule has 1 aromatic heterocycles.